The number of rotatable bonds is 7. The highest BCUT2D eigenvalue weighted by molar-refractivity contribution is 8.18. The average Bonchev–Trinajstić information content (AvgIpc) is 3.16. The third-order valence-corrected chi connectivity index (χ3v) is 7.86. The monoisotopic (exact) mass is 546 g/mol. The second kappa shape index (κ2) is 10.1. The molecule has 11 heteroatoms. The Morgan fingerprint density at radius 1 is 0.895 bits per heavy atom. The van der Waals surface area contributed by atoms with E-state index in [1.54, 1.807) is 6.07 Å². The molecule has 190 valence electrons. The summed E-state index contributed by atoms with van der Waals surface area (Å²) in [6, 6.07) is 24.0. The lowest BCUT2D eigenvalue weighted by Gasteiger charge is -2.13. The van der Waals surface area contributed by atoms with Crippen molar-refractivity contribution in [2.45, 2.75) is 11.4 Å². The van der Waals surface area contributed by atoms with E-state index in [1.165, 1.54) is 42.5 Å². The van der Waals surface area contributed by atoms with Gasteiger partial charge in [-0.15, -0.1) is 0 Å². The van der Waals surface area contributed by atoms with E-state index < -0.39 is 26.2 Å². The molecule has 1 aliphatic rings. The van der Waals surface area contributed by atoms with Crippen LogP contribution in [0.5, 0.6) is 5.75 Å². The first-order valence-electron chi connectivity index (χ1n) is 11.2. The Morgan fingerprint density at radius 3 is 2.45 bits per heavy atom. The summed E-state index contributed by atoms with van der Waals surface area (Å²) >= 11 is 0.795. The van der Waals surface area contributed by atoms with E-state index in [1.807, 2.05) is 42.5 Å². The van der Waals surface area contributed by atoms with Crippen LogP contribution in [0.25, 0.3) is 16.8 Å². The maximum atomic E-state index is 13.0. The summed E-state index contributed by atoms with van der Waals surface area (Å²) in [5, 5.41) is 12.6. The molecule has 0 unspecified atom stereocenters. The summed E-state index contributed by atoms with van der Waals surface area (Å²) in [4.78, 5) is 36.9. The summed E-state index contributed by atoms with van der Waals surface area (Å²) in [7, 11) is -4.35. The normalized spacial score (nSPS) is 14.8. The first kappa shape index (κ1) is 25.2. The third-order valence-electron chi connectivity index (χ3n) is 5.71. The molecule has 0 radical (unpaired) electrons. The van der Waals surface area contributed by atoms with Crippen LogP contribution in [-0.2, 0) is 21.5 Å². The standard InChI is InChI=1S/C27H18N2O7S2/c30-26-25(37-27(31)28(26)17-19-11-12-20-6-1-2-7-21(20)13-19)15-18-5-3-9-23(14-18)36-38(34,35)24-10-4-8-22(16-24)29(32)33/h1-16H,17H2/b25-15-. The van der Waals surface area contributed by atoms with Crippen molar-refractivity contribution in [2.75, 3.05) is 0 Å². The predicted octanol–water partition coefficient (Wildman–Crippen LogP) is 5.75. The predicted molar refractivity (Wildman–Crippen MR) is 143 cm³/mol. The average molecular weight is 547 g/mol. The molecule has 0 saturated carbocycles. The van der Waals surface area contributed by atoms with Gasteiger partial charge >= 0.3 is 10.1 Å². The van der Waals surface area contributed by atoms with Gasteiger partial charge in [-0.1, -0.05) is 54.6 Å². The van der Waals surface area contributed by atoms with Crippen LogP contribution in [0.3, 0.4) is 0 Å². The highest BCUT2D eigenvalue weighted by atomic mass is 32.2. The molecule has 1 saturated heterocycles. The quantitative estimate of drug-likeness (QED) is 0.124. The zero-order chi connectivity index (χ0) is 26.9. The van der Waals surface area contributed by atoms with Crippen LogP contribution in [0.2, 0.25) is 0 Å². The van der Waals surface area contributed by atoms with E-state index in [4.69, 9.17) is 4.18 Å². The number of non-ortho nitro benzene ring substituents is 1. The molecule has 0 aromatic heterocycles. The van der Waals surface area contributed by atoms with Crippen LogP contribution in [-0.4, -0.2) is 29.4 Å². The number of carbonyl (C=O) groups excluding carboxylic acids is 2. The lowest BCUT2D eigenvalue weighted by molar-refractivity contribution is -0.385. The molecule has 1 aliphatic heterocycles. The number of carbonyl (C=O) groups is 2. The van der Waals surface area contributed by atoms with Gasteiger partial charge in [-0.05, 0) is 64.0 Å². The first-order chi connectivity index (χ1) is 18.2. The molecule has 0 spiro atoms. The Balaban J connectivity index is 1.34. The number of nitrogens with zero attached hydrogens (tertiary/aromatic N) is 2. The Morgan fingerprint density at radius 2 is 1.66 bits per heavy atom. The van der Waals surface area contributed by atoms with E-state index in [0.717, 1.165) is 39.1 Å². The lowest BCUT2D eigenvalue weighted by atomic mass is 10.1. The zero-order valence-electron chi connectivity index (χ0n) is 19.5. The number of nitro groups is 1. The van der Waals surface area contributed by atoms with Gasteiger partial charge in [0.1, 0.15) is 10.6 Å². The molecular weight excluding hydrogens is 528 g/mol. The van der Waals surface area contributed by atoms with Gasteiger partial charge in [0.25, 0.3) is 16.8 Å². The lowest BCUT2D eigenvalue weighted by Crippen LogP contribution is -2.27. The van der Waals surface area contributed by atoms with Gasteiger partial charge in [-0.25, -0.2) is 0 Å². The van der Waals surface area contributed by atoms with Gasteiger partial charge in [0, 0.05) is 12.1 Å². The van der Waals surface area contributed by atoms with Crippen molar-refractivity contribution in [1.82, 2.24) is 4.90 Å². The van der Waals surface area contributed by atoms with Gasteiger partial charge in [0.2, 0.25) is 0 Å². The number of thioether (sulfide) groups is 1. The highest BCUT2D eigenvalue weighted by Crippen LogP contribution is 2.34. The smallest absolute Gasteiger partial charge is 0.339 e. The van der Waals surface area contributed by atoms with Crippen LogP contribution >= 0.6 is 11.8 Å². The molecule has 38 heavy (non-hydrogen) atoms. The zero-order valence-corrected chi connectivity index (χ0v) is 21.1. The molecule has 0 atom stereocenters. The van der Waals surface area contributed by atoms with E-state index in [9.17, 15) is 28.1 Å². The SMILES string of the molecule is O=C1S/C(=C\c2cccc(OS(=O)(=O)c3cccc([N+](=O)[O-])c3)c2)C(=O)N1Cc1ccc2ccccc2c1. The molecular formula is C27H18N2O7S2. The summed E-state index contributed by atoms with van der Waals surface area (Å²) in [5.74, 6) is -0.510. The fourth-order valence-corrected chi connectivity index (χ4v) is 5.69. The summed E-state index contributed by atoms with van der Waals surface area (Å²) in [6.07, 6.45) is 1.48. The topological polar surface area (TPSA) is 124 Å². The minimum absolute atomic E-state index is 0.0550. The molecule has 1 heterocycles. The molecule has 1 fully saturated rings. The number of nitro benzene ring substituents is 1. The van der Waals surface area contributed by atoms with Crippen molar-refractivity contribution in [1.29, 1.82) is 0 Å². The van der Waals surface area contributed by atoms with Gasteiger partial charge < -0.3 is 4.18 Å². The number of amides is 2. The molecule has 4 aromatic rings. The summed E-state index contributed by atoms with van der Waals surface area (Å²) < 4.78 is 30.5. The molecule has 0 aliphatic carbocycles. The number of imide groups is 1. The van der Waals surface area contributed by atoms with Crippen molar-refractivity contribution in [3.8, 4) is 5.75 Å². The van der Waals surface area contributed by atoms with E-state index in [-0.39, 0.29) is 27.8 Å². The second-order valence-corrected chi connectivity index (χ2v) is 10.9. The van der Waals surface area contributed by atoms with E-state index in [2.05, 4.69) is 0 Å². The maximum Gasteiger partial charge on any atom is 0.339 e. The largest absolute Gasteiger partial charge is 0.379 e. The number of benzene rings is 4. The minimum atomic E-state index is -4.35. The molecule has 9 nitrogen and oxygen atoms in total. The second-order valence-electron chi connectivity index (χ2n) is 8.31. The number of hydrogen-bond donors (Lipinski definition) is 0. The van der Waals surface area contributed by atoms with E-state index in [0.29, 0.717) is 5.56 Å². The van der Waals surface area contributed by atoms with Crippen molar-refractivity contribution in [3.63, 3.8) is 0 Å². The van der Waals surface area contributed by atoms with Gasteiger partial charge in [-0.3, -0.25) is 24.6 Å². The fraction of sp³-hybridized carbons (Fsp3) is 0.0370. The number of hydrogen-bond acceptors (Lipinski definition) is 8. The first-order valence-corrected chi connectivity index (χ1v) is 13.4. The molecule has 4 aromatic carbocycles. The molecule has 0 N–H and O–H groups in total. The van der Waals surface area contributed by atoms with E-state index >= 15 is 0 Å². The van der Waals surface area contributed by atoms with Crippen LogP contribution in [0.15, 0.2) is 101 Å². The van der Waals surface area contributed by atoms with Crippen LogP contribution in [0.4, 0.5) is 10.5 Å². The third kappa shape index (κ3) is 5.29. The van der Waals surface area contributed by atoms with Gasteiger partial charge in [0.05, 0.1) is 16.4 Å². The Kier molecular flexibility index (Phi) is 6.70. The van der Waals surface area contributed by atoms with Crippen molar-refractivity contribution in [2.24, 2.45) is 0 Å². The van der Waals surface area contributed by atoms with Crippen molar-refractivity contribution >= 4 is 55.6 Å². The minimum Gasteiger partial charge on any atom is -0.379 e. The molecule has 5 rings (SSSR count). The van der Waals surface area contributed by atoms with Gasteiger partial charge in [-0.2, -0.15) is 8.42 Å². The Labute approximate surface area is 221 Å². The fourth-order valence-electron chi connectivity index (χ4n) is 3.89. The Bertz CT molecular complexity index is 1750. The number of fused-ring (bicyclic) bond motifs is 1. The van der Waals surface area contributed by atoms with Crippen LogP contribution < -0.4 is 4.18 Å². The molecule has 2 amide bonds. The van der Waals surface area contributed by atoms with Crippen LogP contribution in [0, 0.1) is 10.1 Å². The van der Waals surface area contributed by atoms with Gasteiger partial charge in [0.15, 0.2) is 0 Å². The van der Waals surface area contributed by atoms with Crippen LogP contribution in [0.1, 0.15) is 11.1 Å². The van der Waals surface area contributed by atoms with Crippen molar-refractivity contribution in [3.05, 3.63) is 117 Å². The van der Waals surface area contributed by atoms with Crippen molar-refractivity contribution < 1.29 is 27.1 Å². The summed E-state index contributed by atoms with van der Waals surface area (Å²) in [5.41, 5.74) is 0.866. The highest BCUT2D eigenvalue weighted by Gasteiger charge is 2.35. The molecule has 0 bridgehead atoms. The Hall–Kier alpha value is -4.48. The maximum absolute atomic E-state index is 13.0. The summed E-state index contributed by atoms with van der Waals surface area (Å²) in [6.45, 7) is 0.122.